The average molecular weight is 216 g/mol. The summed E-state index contributed by atoms with van der Waals surface area (Å²) in [5, 5.41) is 0. The van der Waals surface area contributed by atoms with Crippen molar-refractivity contribution >= 4 is 0 Å². The molecule has 1 saturated carbocycles. The van der Waals surface area contributed by atoms with Crippen LogP contribution in [0.2, 0.25) is 0 Å². The highest BCUT2D eigenvalue weighted by Crippen LogP contribution is 2.33. The van der Waals surface area contributed by atoms with E-state index in [-0.39, 0.29) is 5.54 Å². The van der Waals surface area contributed by atoms with Gasteiger partial charge in [-0.25, -0.2) is 0 Å². The van der Waals surface area contributed by atoms with Crippen LogP contribution in [-0.4, -0.2) is 17.0 Å². The van der Waals surface area contributed by atoms with E-state index in [2.05, 4.69) is 29.2 Å². The van der Waals surface area contributed by atoms with Gasteiger partial charge in [0.05, 0.1) is 0 Å². The third-order valence-electron chi connectivity index (χ3n) is 4.18. The molecule has 0 bridgehead atoms. The quantitative estimate of drug-likeness (QED) is 0.840. The number of hydrogen-bond acceptors (Lipinski definition) is 2. The second kappa shape index (κ2) is 3.86. The Bertz CT molecular complexity index is 357. The molecular formula is C14H20N2. The minimum Gasteiger partial charge on any atom is -0.325 e. The van der Waals surface area contributed by atoms with Crippen LogP contribution in [-0.2, 0) is 13.1 Å². The molecule has 2 nitrogen and oxygen atoms in total. The van der Waals surface area contributed by atoms with Gasteiger partial charge in [-0.05, 0) is 36.8 Å². The van der Waals surface area contributed by atoms with Gasteiger partial charge in [0.1, 0.15) is 0 Å². The summed E-state index contributed by atoms with van der Waals surface area (Å²) in [4.78, 5) is 2.53. The predicted octanol–water partition coefficient (Wildman–Crippen LogP) is 2.27. The molecule has 0 aromatic heterocycles. The first kappa shape index (κ1) is 10.3. The molecule has 16 heavy (non-hydrogen) atoms. The van der Waals surface area contributed by atoms with Crippen molar-refractivity contribution in [2.24, 2.45) is 5.73 Å². The molecular weight excluding hydrogens is 196 g/mol. The fourth-order valence-electron chi connectivity index (χ4n) is 2.82. The lowest BCUT2D eigenvalue weighted by atomic mass is 9.75. The normalized spacial score (nSPS) is 22.8. The van der Waals surface area contributed by atoms with Crippen molar-refractivity contribution in [3.05, 3.63) is 35.4 Å². The molecule has 0 spiro atoms. The van der Waals surface area contributed by atoms with Crippen molar-refractivity contribution in [2.75, 3.05) is 6.54 Å². The Labute approximate surface area is 97.4 Å². The lowest BCUT2D eigenvalue weighted by Crippen LogP contribution is -2.48. The van der Waals surface area contributed by atoms with Crippen molar-refractivity contribution in [3.8, 4) is 0 Å². The highest BCUT2D eigenvalue weighted by Gasteiger charge is 2.32. The Morgan fingerprint density at radius 2 is 1.75 bits per heavy atom. The molecule has 0 amide bonds. The van der Waals surface area contributed by atoms with Crippen LogP contribution in [0.5, 0.6) is 0 Å². The zero-order valence-corrected chi connectivity index (χ0v) is 9.78. The predicted molar refractivity (Wildman–Crippen MR) is 65.9 cm³/mol. The van der Waals surface area contributed by atoms with Crippen molar-refractivity contribution < 1.29 is 0 Å². The fourth-order valence-corrected chi connectivity index (χ4v) is 2.82. The molecule has 0 saturated heterocycles. The Hall–Kier alpha value is -0.860. The highest BCUT2D eigenvalue weighted by atomic mass is 15.1. The van der Waals surface area contributed by atoms with Gasteiger partial charge in [0.2, 0.25) is 0 Å². The molecule has 1 aromatic rings. The van der Waals surface area contributed by atoms with E-state index in [1.54, 1.807) is 0 Å². The second-order valence-corrected chi connectivity index (χ2v) is 5.45. The zero-order valence-electron chi connectivity index (χ0n) is 9.78. The molecule has 3 rings (SSSR count). The number of rotatable bonds is 3. The van der Waals surface area contributed by atoms with Crippen molar-refractivity contribution in [2.45, 2.75) is 44.3 Å². The zero-order chi connectivity index (χ0) is 11.0. The van der Waals surface area contributed by atoms with Crippen molar-refractivity contribution in [1.82, 2.24) is 4.90 Å². The monoisotopic (exact) mass is 216 g/mol. The van der Waals surface area contributed by atoms with E-state index < -0.39 is 0 Å². The molecule has 1 fully saturated rings. The van der Waals surface area contributed by atoms with Gasteiger partial charge in [0.15, 0.2) is 0 Å². The third-order valence-corrected chi connectivity index (χ3v) is 4.18. The summed E-state index contributed by atoms with van der Waals surface area (Å²) in [7, 11) is 0. The molecule has 0 unspecified atom stereocenters. The summed E-state index contributed by atoms with van der Waals surface area (Å²) in [6.45, 7) is 3.39. The smallest absolute Gasteiger partial charge is 0.0240 e. The maximum atomic E-state index is 6.26. The van der Waals surface area contributed by atoms with E-state index in [1.165, 1.54) is 36.8 Å². The van der Waals surface area contributed by atoms with Gasteiger partial charge in [0, 0.05) is 25.2 Å². The molecule has 1 aromatic carbocycles. The van der Waals surface area contributed by atoms with E-state index in [0.29, 0.717) is 0 Å². The van der Waals surface area contributed by atoms with Crippen LogP contribution in [0.4, 0.5) is 0 Å². The van der Waals surface area contributed by atoms with Crippen LogP contribution in [0.1, 0.15) is 36.8 Å². The summed E-state index contributed by atoms with van der Waals surface area (Å²) >= 11 is 0. The molecule has 0 radical (unpaired) electrons. The van der Waals surface area contributed by atoms with Crippen molar-refractivity contribution in [1.29, 1.82) is 0 Å². The Kier molecular flexibility index (Phi) is 2.49. The second-order valence-electron chi connectivity index (χ2n) is 5.45. The minimum absolute atomic E-state index is 0.175. The first-order valence-corrected chi connectivity index (χ1v) is 6.33. The van der Waals surface area contributed by atoms with Crippen LogP contribution < -0.4 is 5.73 Å². The van der Waals surface area contributed by atoms with Crippen LogP contribution in [0, 0.1) is 0 Å². The maximum Gasteiger partial charge on any atom is 0.0240 e. The molecule has 1 aliphatic carbocycles. The number of nitrogens with zero attached hydrogens (tertiary/aromatic N) is 1. The van der Waals surface area contributed by atoms with Crippen LogP contribution in [0.3, 0.4) is 0 Å². The largest absolute Gasteiger partial charge is 0.325 e. The van der Waals surface area contributed by atoms with E-state index >= 15 is 0 Å². The van der Waals surface area contributed by atoms with Gasteiger partial charge in [-0.3, -0.25) is 4.90 Å². The number of hydrogen-bond donors (Lipinski definition) is 1. The molecule has 2 aliphatic rings. The fraction of sp³-hybridized carbons (Fsp3) is 0.571. The standard InChI is InChI=1S/C14H20N2/c15-14(6-3-7-14)8-9-16-10-12-4-1-2-5-13(12)11-16/h1-2,4-5H,3,6-11,15H2. The minimum atomic E-state index is 0.175. The van der Waals surface area contributed by atoms with E-state index in [0.717, 1.165) is 19.6 Å². The Morgan fingerprint density at radius 3 is 2.25 bits per heavy atom. The lowest BCUT2D eigenvalue weighted by molar-refractivity contribution is 0.181. The van der Waals surface area contributed by atoms with Crippen LogP contribution in [0.25, 0.3) is 0 Å². The summed E-state index contributed by atoms with van der Waals surface area (Å²) in [5.74, 6) is 0. The average Bonchev–Trinajstić information content (AvgIpc) is 2.66. The summed E-state index contributed by atoms with van der Waals surface area (Å²) in [6.07, 6.45) is 4.96. The van der Waals surface area contributed by atoms with Crippen LogP contribution >= 0.6 is 0 Å². The topological polar surface area (TPSA) is 29.3 Å². The number of nitrogens with two attached hydrogens (primary N) is 1. The number of benzene rings is 1. The summed E-state index contributed by atoms with van der Waals surface area (Å²) in [5.41, 5.74) is 9.44. The SMILES string of the molecule is NC1(CCN2Cc3ccccc3C2)CCC1. The van der Waals surface area contributed by atoms with Gasteiger partial charge in [-0.1, -0.05) is 24.3 Å². The molecule has 1 aliphatic heterocycles. The number of fused-ring (bicyclic) bond motifs is 1. The van der Waals surface area contributed by atoms with E-state index in [4.69, 9.17) is 5.73 Å². The lowest BCUT2D eigenvalue weighted by Gasteiger charge is -2.39. The summed E-state index contributed by atoms with van der Waals surface area (Å²) in [6, 6.07) is 8.77. The first-order valence-electron chi connectivity index (χ1n) is 6.33. The molecule has 2 heteroatoms. The highest BCUT2D eigenvalue weighted by molar-refractivity contribution is 5.30. The maximum absolute atomic E-state index is 6.26. The Balaban J connectivity index is 1.56. The van der Waals surface area contributed by atoms with Gasteiger partial charge >= 0.3 is 0 Å². The third kappa shape index (κ3) is 1.87. The van der Waals surface area contributed by atoms with Gasteiger partial charge in [0.25, 0.3) is 0 Å². The Morgan fingerprint density at radius 1 is 1.12 bits per heavy atom. The van der Waals surface area contributed by atoms with Gasteiger partial charge in [-0.2, -0.15) is 0 Å². The molecule has 1 heterocycles. The molecule has 86 valence electrons. The van der Waals surface area contributed by atoms with Crippen LogP contribution in [0.15, 0.2) is 24.3 Å². The van der Waals surface area contributed by atoms with Gasteiger partial charge < -0.3 is 5.73 Å². The molecule has 2 N–H and O–H groups in total. The molecule has 0 atom stereocenters. The first-order chi connectivity index (χ1) is 7.75. The summed E-state index contributed by atoms with van der Waals surface area (Å²) < 4.78 is 0. The van der Waals surface area contributed by atoms with Crippen molar-refractivity contribution in [3.63, 3.8) is 0 Å². The van der Waals surface area contributed by atoms with E-state index in [1.807, 2.05) is 0 Å². The van der Waals surface area contributed by atoms with Gasteiger partial charge in [-0.15, -0.1) is 0 Å². The van der Waals surface area contributed by atoms with E-state index in [9.17, 15) is 0 Å².